The first-order valence-electron chi connectivity index (χ1n) is 5.95. The van der Waals surface area contributed by atoms with Crippen LogP contribution in [-0.2, 0) is 0 Å². The zero-order valence-corrected chi connectivity index (χ0v) is 10.7. The monoisotopic (exact) mass is 282 g/mol. The van der Waals surface area contributed by atoms with Crippen LogP contribution in [0.3, 0.4) is 0 Å². The van der Waals surface area contributed by atoms with E-state index in [0.717, 1.165) is 5.56 Å². The van der Waals surface area contributed by atoms with Crippen molar-refractivity contribution in [2.75, 3.05) is 0 Å². The minimum Gasteiger partial charge on any atom is -0.406 e. The molecule has 20 heavy (non-hydrogen) atoms. The summed E-state index contributed by atoms with van der Waals surface area (Å²) in [7, 11) is 0. The predicted molar refractivity (Wildman–Crippen MR) is 68.4 cm³/mol. The van der Waals surface area contributed by atoms with Crippen LogP contribution >= 0.6 is 0 Å². The lowest BCUT2D eigenvalue weighted by Gasteiger charge is -2.14. The first-order valence-corrected chi connectivity index (χ1v) is 5.95. The van der Waals surface area contributed by atoms with E-state index in [-0.39, 0.29) is 5.75 Å². The second-order valence-electron chi connectivity index (χ2n) is 4.43. The summed E-state index contributed by atoms with van der Waals surface area (Å²) >= 11 is 0. The summed E-state index contributed by atoms with van der Waals surface area (Å²) < 4.78 is 40.3. The molecule has 0 saturated heterocycles. The quantitative estimate of drug-likeness (QED) is 0.922. The molecular formula is C15H13F3O2. The van der Waals surface area contributed by atoms with E-state index in [1.165, 1.54) is 18.2 Å². The molecule has 0 aliphatic rings. The number of hydrogen-bond acceptors (Lipinski definition) is 2. The van der Waals surface area contributed by atoms with Crippen molar-refractivity contribution in [2.45, 2.75) is 19.4 Å². The maximum absolute atomic E-state index is 12.2. The van der Waals surface area contributed by atoms with Gasteiger partial charge < -0.3 is 9.84 Å². The van der Waals surface area contributed by atoms with Crippen LogP contribution in [0.25, 0.3) is 0 Å². The van der Waals surface area contributed by atoms with Gasteiger partial charge in [-0.3, -0.25) is 0 Å². The van der Waals surface area contributed by atoms with Gasteiger partial charge in [-0.15, -0.1) is 13.2 Å². The summed E-state index contributed by atoms with van der Waals surface area (Å²) in [6.07, 6.45) is -5.74. The molecule has 0 radical (unpaired) electrons. The van der Waals surface area contributed by atoms with Crippen molar-refractivity contribution in [3.8, 4) is 5.75 Å². The molecule has 0 fully saturated rings. The maximum Gasteiger partial charge on any atom is 0.573 e. The summed E-state index contributed by atoms with van der Waals surface area (Å²) in [5.41, 5.74) is 1.99. The second-order valence-corrected chi connectivity index (χ2v) is 4.43. The Labute approximate surface area is 114 Å². The molecule has 0 bridgehead atoms. The average molecular weight is 282 g/mol. The molecular weight excluding hydrogens is 269 g/mol. The normalized spacial score (nSPS) is 13.1. The van der Waals surface area contributed by atoms with Gasteiger partial charge in [0.05, 0.1) is 0 Å². The Morgan fingerprint density at radius 3 is 2.25 bits per heavy atom. The maximum atomic E-state index is 12.2. The van der Waals surface area contributed by atoms with Gasteiger partial charge in [-0.1, -0.05) is 42.0 Å². The Balaban J connectivity index is 2.24. The molecule has 0 aromatic heterocycles. The fourth-order valence-electron chi connectivity index (χ4n) is 1.82. The summed E-state index contributed by atoms with van der Waals surface area (Å²) in [5.74, 6) is -0.346. The van der Waals surface area contributed by atoms with Gasteiger partial charge in [-0.05, 0) is 30.2 Å². The van der Waals surface area contributed by atoms with Crippen LogP contribution in [0.5, 0.6) is 5.75 Å². The zero-order valence-electron chi connectivity index (χ0n) is 10.7. The third kappa shape index (κ3) is 3.74. The van der Waals surface area contributed by atoms with Gasteiger partial charge in [0, 0.05) is 0 Å². The fraction of sp³-hybridized carbons (Fsp3) is 0.200. The highest BCUT2D eigenvalue weighted by Crippen LogP contribution is 2.28. The van der Waals surface area contributed by atoms with Gasteiger partial charge in [-0.25, -0.2) is 0 Å². The Kier molecular flexibility index (Phi) is 3.99. The minimum atomic E-state index is -4.74. The number of alkyl halides is 3. The molecule has 0 spiro atoms. The number of aliphatic hydroxyl groups is 1. The summed E-state index contributed by atoms with van der Waals surface area (Å²) in [5, 5.41) is 10.2. The number of rotatable bonds is 3. The lowest BCUT2D eigenvalue weighted by Crippen LogP contribution is -2.17. The Morgan fingerprint density at radius 1 is 1.00 bits per heavy atom. The molecule has 5 heteroatoms. The zero-order chi connectivity index (χ0) is 14.8. The molecule has 0 aliphatic heterocycles. The Bertz CT molecular complexity index is 576. The highest BCUT2D eigenvalue weighted by molar-refractivity contribution is 5.36. The highest BCUT2D eigenvalue weighted by Gasteiger charge is 2.31. The van der Waals surface area contributed by atoms with Crippen LogP contribution in [0.1, 0.15) is 22.8 Å². The van der Waals surface area contributed by atoms with Crippen molar-refractivity contribution in [1.82, 2.24) is 0 Å². The van der Waals surface area contributed by atoms with Crippen LogP contribution in [-0.4, -0.2) is 11.5 Å². The largest absolute Gasteiger partial charge is 0.573 e. The molecule has 1 atom stereocenters. The van der Waals surface area contributed by atoms with E-state index in [1.54, 1.807) is 18.2 Å². The van der Waals surface area contributed by atoms with E-state index in [0.29, 0.717) is 11.1 Å². The van der Waals surface area contributed by atoms with E-state index >= 15 is 0 Å². The molecule has 0 aliphatic carbocycles. The van der Waals surface area contributed by atoms with Gasteiger partial charge in [0.25, 0.3) is 0 Å². The topological polar surface area (TPSA) is 29.5 Å². The second kappa shape index (κ2) is 5.54. The fourth-order valence-corrected chi connectivity index (χ4v) is 1.82. The van der Waals surface area contributed by atoms with Crippen molar-refractivity contribution in [3.05, 3.63) is 65.2 Å². The van der Waals surface area contributed by atoms with Crippen LogP contribution in [0.4, 0.5) is 13.2 Å². The third-order valence-corrected chi connectivity index (χ3v) is 2.80. The first kappa shape index (κ1) is 14.4. The van der Waals surface area contributed by atoms with Crippen molar-refractivity contribution in [2.24, 2.45) is 0 Å². The van der Waals surface area contributed by atoms with Crippen molar-refractivity contribution in [1.29, 1.82) is 0 Å². The molecule has 2 aromatic rings. The molecule has 106 valence electrons. The number of aliphatic hydroxyl groups excluding tert-OH is 1. The minimum absolute atomic E-state index is 0.343. The van der Waals surface area contributed by atoms with Crippen LogP contribution < -0.4 is 4.74 Å². The molecule has 0 heterocycles. The van der Waals surface area contributed by atoms with Gasteiger partial charge in [0.2, 0.25) is 0 Å². The predicted octanol–water partition coefficient (Wildman–Crippen LogP) is 3.98. The third-order valence-electron chi connectivity index (χ3n) is 2.80. The molecule has 0 amide bonds. The highest BCUT2D eigenvalue weighted by atomic mass is 19.4. The van der Waals surface area contributed by atoms with E-state index < -0.39 is 12.5 Å². The van der Waals surface area contributed by atoms with Gasteiger partial charge in [0.1, 0.15) is 11.9 Å². The van der Waals surface area contributed by atoms with Crippen molar-refractivity contribution in [3.63, 3.8) is 0 Å². The molecule has 2 aromatic carbocycles. The first-order chi connectivity index (χ1) is 9.35. The van der Waals surface area contributed by atoms with Gasteiger partial charge >= 0.3 is 6.36 Å². The summed E-state index contributed by atoms with van der Waals surface area (Å²) in [6, 6.07) is 12.5. The summed E-state index contributed by atoms with van der Waals surface area (Å²) in [4.78, 5) is 0. The number of hydrogen-bond donors (Lipinski definition) is 1. The van der Waals surface area contributed by atoms with E-state index in [2.05, 4.69) is 4.74 Å². The number of benzene rings is 2. The standard InChI is InChI=1S/C15H13F3O2/c1-10-5-7-11(8-6-10)14(19)12-3-2-4-13(9-12)20-15(16,17)18/h2-9,14,19H,1H3. The van der Waals surface area contributed by atoms with Crippen LogP contribution in [0.15, 0.2) is 48.5 Å². The van der Waals surface area contributed by atoms with Crippen LogP contribution in [0, 0.1) is 6.92 Å². The van der Waals surface area contributed by atoms with Gasteiger partial charge in [0.15, 0.2) is 0 Å². The molecule has 1 N–H and O–H groups in total. The molecule has 1 unspecified atom stereocenters. The number of ether oxygens (including phenoxy) is 1. The van der Waals surface area contributed by atoms with E-state index in [1.807, 2.05) is 19.1 Å². The Morgan fingerprint density at radius 2 is 1.65 bits per heavy atom. The van der Waals surface area contributed by atoms with Crippen LogP contribution in [0.2, 0.25) is 0 Å². The van der Waals surface area contributed by atoms with E-state index in [4.69, 9.17) is 0 Å². The average Bonchev–Trinajstić information content (AvgIpc) is 2.37. The van der Waals surface area contributed by atoms with Crippen molar-refractivity contribution >= 4 is 0 Å². The lowest BCUT2D eigenvalue weighted by molar-refractivity contribution is -0.274. The smallest absolute Gasteiger partial charge is 0.406 e. The lowest BCUT2D eigenvalue weighted by atomic mass is 10.0. The number of aryl methyl sites for hydroxylation is 1. The van der Waals surface area contributed by atoms with E-state index in [9.17, 15) is 18.3 Å². The summed E-state index contributed by atoms with van der Waals surface area (Å²) in [6.45, 7) is 1.91. The Hall–Kier alpha value is -2.01. The molecule has 2 nitrogen and oxygen atoms in total. The van der Waals surface area contributed by atoms with Gasteiger partial charge in [-0.2, -0.15) is 0 Å². The van der Waals surface area contributed by atoms with Crippen molar-refractivity contribution < 1.29 is 23.0 Å². The molecule has 0 saturated carbocycles. The molecule has 2 rings (SSSR count). The number of halogens is 3. The SMILES string of the molecule is Cc1ccc(C(O)c2cccc(OC(F)(F)F)c2)cc1.